The van der Waals surface area contributed by atoms with E-state index >= 15 is 0 Å². The van der Waals surface area contributed by atoms with Crippen molar-refractivity contribution in [2.24, 2.45) is 5.73 Å². The fraction of sp³-hybridized carbons (Fsp3) is 0.211. The minimum Gasteiger partial charge on any atom is -0.371 e. The highest BCUT2D eigenvalue weighted by atomic mass is 19.1. The van der Waals surface area contributed by atoms with E-state index in [1.54, 1.807) is 19.3 Å². The van der Waals surface area contributed by atoms with Crippen LogP contribution in [0.4, 0.5) is 10.2 Å². The van der Waals surface area contributed by atoms with Crippen molar-refractivity contribution < 1.29 is 9.18 Å². The van der Waals surface area contributed by atoms with Gasteiger partial charge in [0.05, 0.1) is 11.1 Å². The second-order valence-electron chi connectivity index (χ2n) is 6.21. The van der Waals surface area contributed by atoms with Gasteiger partial charge in [0.2, 0.25) is 0 Å². The highest BCUT2D eigenvalue weighted by molar-refractivity contribution is 5.99. The first kappa shape index (κ1) is 16.1. The molecular formula is C19H16FN5O. The van der Waals surface area contributed by atoms with Crippen LogP contribution in [0.3, 0.4) is 0 Å². The Labute approximate surface area is 149 Å². The molecule has 1 fully saturated rings. The van der Waals surface area contributed by atoms with E-state index in [4.69, 9.17) is 5.73 Å². The topological polar surface area (TPSA) is 96.7 Å². The fourth-order valence-corrected chi connectivity index (χ4v) is 3.02. The molecular weight excluding hydrogens is 333 g/mol. The van der Waals surface area contributed by atoms with Crippen LogP contribution < -0.4 is 11.1 Å². The molecule has 1 aliphatic rings. The number of hydrogen-bond acceptors (Lipinski definition) is 4. The number of aromatic nitrogens is 3. The minimum atomic E-state index is -0.665. The molecule has 0 aliphatic heterocycles. The van der Waals surface area contributed by atoms with Crippen molar-refractivity contribution in [1.29, 1.82) is 0 Å². The van der Waals surface area contributed by atoms with Crippen LogP contribution in [0.2, 0.25) is 0 Å². The Morgan fingerprint density at radius 2 is 2.19 bits per heavy atom. The Balaban J connectivity index is 1.78. The van der Waals surface area contributed by atoms with Gasteiger partial charge in [0.1, 0.15) is 17.1 Å². The summed E-state index contributed by atoms with van der Waals surface area (Å²) < 4.78 is 14.6. The quantitative estimate of drug-likeness (QED) is 0.633. The van der Waals surface area contributed by atoms with E-state index in [9.17, 15) is 9.18 Å². The monoisotopic (exact) mass is 349 g/mol. The van der Waals surface area contributed by atoms with Gasteiger partial charge in [-0.25, -0.2) is 4.39 Å². The lowest BCUT2D eigenvalue weighted by molar-refractivity contribution is 0.100. The molecule has 0 radical (unpaired) electrons. The number of carbonyl (C=O) groups excluding carboxylic acids is 1. The van der Waals surface area contributed by atoms with Crippen LogP contribution in [0.15, 0.2) is 24.4 Å². The van der Waals surface area contributed by atoms with Gasteiger partial charge in [-0.15, -0.1) is 0 Å². The smallest absolute Gasteiger partial charge is 0.255 e. The molecule has 4 N–H and O–H groups in total. The third kappa shape index (κ3) is 2.75. The maximum absolute atomic E-state index is 14.6. The van der Waals surface area contributed by atoms with Crippen molar-refractivity contribution in [1.82, 2.24) is 15.2 Å². The Morgan fingerprint density at radius 1 is 1.38 bits per heavy atom. The van der Waals surface area contributed by atoms with Crippen molar-refractivity contribution in [3.05, 3.63) is 52.6 Å². The molecule has 0 spiro atoms. The van der Waals surface area contributed by atoms with Gasteiger partial charge in [-0.1, -0.05) is 5.92 Å². The van der Waals surface area contributed by atoms with E-state index in [0.717, 1.165) is 23.8 Å². The number of fused-ring (bicyclic) bond motifs is 1. The molecule has 1 saturated carbocycles. The van der Waals surface area contributed by atoms with E-state index in [1.165, 1.54) is 6.07 Å². The molecule has 130 valence electrons. The zero-order chi connectivity index (χ0) is 18.3. The van der Waals surface area contributed by atoms with Gasteiger partial charge < -0.3 is 11.1 Å². The summed E-state index contributed by atoms with van der Waals surface area (Å²) in [7, 11) is 1.62. The van der Waals surface area contributed by atoms with Crippen molar-refractivity contribution in [2.75, 3.05) is 12.4 Å². The van der Waals surface area contributed by atoms with Crippen LogP contribution in [-0.4, -0.2) is 28.1 Å². The fourth-order valence-electron chi connectivity index (χ4n) is 3.02. The van der Waals surface area contributed by atoms with E-state index in [-0.39, 0.29) is 16.8 Å². The lowest BCUT2D eigenvalue weighted by Crippen LogP contribution is -2.13. The number of nitrogens with one attached hydrogen (secondary N) is 2. The van der Waals surface area contributed by atoms with Crippen LogP contribution in [0.5, 0.6) is 0 Å². The molecule has 0 bridgehead atoms. The summed E-state index contributed by atoms with van der Waals surface area (Å²) in [6.07, 6.45) is 4.00. The molecule has 2 aromatic heterocycles. The number of anilines is 1. The molecule has 6 nitrogen and oxygen atoms in total. The largest absolute Gasteiger partial charge is 0.371 e. The van der Waals surface area contributed by atoms with Gasteiger partial charge >= 0.3 is 0 Å². The number of benzene rings is 1. The lowest BCUT2D eigenvalue weighted by atomic mass is 10.0. The molecule has 3 aromatic rings. The second-order valence-corrected chi connectivity index (χ2v) is 6.21. The van der Waals surface area contributed by atoms with Crippen LogP contribution in [0.25, 0.3) is 10.9 Å². The summed E-state index contributed by atoms with van der Waals surface area (Å²) in [6.45, 7) is 0. The third-order valence-corrected chi connectivity index (χ3v) is 4.45. The first-order valence-electron chi connectivity index (χ1n) is 8.24. The molecule has 1 aromatic carbocycles. The number of pyridine rings is 1. The molecule has 1 aliphatic carbocycles. The number of amides is 1. The van der Waals surface area contributed by atoms with Gasteiger partial charge in [0, 0.05) is 18.6 Å². The molecule has 2 heterocycles. The first-order valence-corrected chi connectivity index (χ1v) is 8.24. The molecule has 7 heteroatoms. The summed E-state index contributed by atoms with van der Waals surface area (Å²) in [5.74, 6) is 5.21. The number of halogens is 1. The summed E-state index contributed by atoms with van der Waals surface area (Å²) in [4.78, 5) is 15.9. The molecule has 26 heavy (non-hydrogen) atoms. The summed E-state index contributed by atoms with van der Waals surface area (Å²) in [5.41, 5.74) is 7.80. The predicted molar refractivity (Wildman–Crippen MR) is 96.3 cm³/mol. The summed E-state index contributed by atoms with van der Waals surface area (Å²) >= 11 is 0. The number of hydrogen-bond donors (Lipinski definition) is 3. The van der Waals surface area contributed by atoms with Gasteiger partial charge in [-0.3, -0.25) is 14.9 Å². The average molecular weight is 349 g/mol. The summed E-state index contributed by atoms with van der Waals surface area (Å²) in [6, 6.07) is 5.07. The van der Waals surface area contributed by atoms with Gasteiger partial charge in [-0.05, 0) is 48.4 Å². The normalized spacial score (nSPS) is 13.3. The number of rotatable bonds is 3. The number of aromatic amines is 1. The number of carbonyl (C=O) groups is 1. The minimum absolute atomic E-state index is 0.148. The molecule has 0 atom stereocenters. The SMILES string of the molecule is CNc1n[nH]c(C#Cc2cc3nccc(C4CC4)c3cc2F)c1C(N)=O. The standard InChI is InChI=1S/C19H16FN5O/c1-22-19-17(18(21)26)15(24-25-19)5-4-11-8-16-13(9-14(11)20)12(6-7-23-16)10-2-3-10/h6-10H,2-3H2,1H3,(H2,21,26)(H2,22,24,25). The Bertz CT molecular complexity index is 1090. The maximum atomic E-state index is 14.6. The zero-order valence-electron chi connectivity index (χ0n) is 14.1. The molecule has 4 rings (SSSR count). The Hall–Kier alpha value is -3.40. The molecule has 0 unspecified atom stereocenters. The highest BCUT2D eigenvalue weighted by Crippen LogP contribution is 2.42. The Kier molecular flexibility index (Phi) is 3.81. The van der Waals surface area contributed by atoms with Crippen molar-refractivity contribution in [3.63, 3.8) is 0 Å². The van der Waals surface area contributed by atoms with E-state index < -0.39 is 11.7 Å². The van der Waals surface area contributed by atoms with Gasteiger partial charge in [0.25, 0.3) is 5.91 Å². The number of primary amides is 1. The average Bonchev–Trinajstić information content (AvgIpc) is 3.38. The number of nitrogens with zero attached hydrogens (tertiary/aromatic N) is 2. The van der Waals surface area contributed by atoms with Crippen molar-refractivity contribution >= 4 is 22.6 Å². The molecule has 0 saturated heterocycles. The predicted octanol–water partition coefficient (Wildman–Crippen LogP) is 2.51. The van der Waals surface area contributed by atoms with E-state index in [2.05, 4.69) is 32.3 Å². The van der Waals surface area contributed by atoms with E-state index in [1.807, 2.05) is 6.07 Å². The number of H-pyrrole nitrogens is 1. The zero-order valence-corrected chi connectivity index (χ0v) is 14.1. The van der Waals surface area contributed by atoms with Crippen LogP contribution in [0, 0.1) is 17.7 Å². The Morgan fingerprint density at radius 3 is 2.88 bits per heavy atom. The maximum Gasteiger partial charge on any atom is 0.255 e. The summed E-state index contributed by atoms with van der Waals surface area (Å²) in [5, 5.41) is 10.2. The first-order chi connectivity index (χ1) is 12.6. The highest BCUT2D eigenvalue weighted by Gasteiger charge is 2.25. The van der Waals surface area contributed by atoms with Crippen molar-refractivity contribution in [2.45, 2.75) is 18.8 Å². The third-order valence-electron chi connectivity index (χ3n) is 4.45. The van der Waals surface area contributed by atoms with E-state index in [0.29, 0.717) is 17.3 Å². The van der Waals surface area contributed by atoms with Crippen LogP contribution >= 0.6 is 0 Å². The van der Waals surface area contributed by atoms with Gasteiger partial charge in [0.15, 0.2) is 5.82 Å². The van der Waals surface area contributed by atoms with Gasteiger partial charge in [-0.2, -0.15) is 5.10 Å². The molecule has 1 amide bonds. The number of nitrogens with two attached hydrogens (primary N) is 1. The second kappa shape index (κ2) is 6.15. The lowest BCUT2D eigenvalue weighted by Gasteiger charge is -2.05. The van der Waals surface area contributed by atoms with Crippen LogP contribution in [-0.2, 0) is 0 Å². The van der Waals surface area contributed by atoms with Crippen LogP contribution in [0.1, 0.15) is 45.9 Å². The van der Waals surface area contributed by atoms with Crippen molar-refractivity contribution in [3.8, 4) is 11.8 Å².